The number of aromatic nitrogens is 1. The molecule has 0 spiro atoms. The average Bonchev–Trinajstić information content (AvgIpc) is 2.89. The number of nitrogens with zero attached hydrogens (tertiary/aromatic N) is 1. The Morgan fingerprint density at radius 2 is 2.44 bits per heavy atom. The molecule has 0 aromatic carbocycles. The van der Waals surface area contributed by atoms with E-state index in [1.54, 1.807) is 6.20 Å². The highest BCUT2D eigenvalue weighted by Crippen LogP contribution is 2.17. The lowest BCUT2D eigenvalue weighted by atomic mass is 10.0. The van der Waals surface area contributed by atoms with Crippen LogP contribution in [-0.4, -0.2) is 30.6 Å². The summed E-state index contributed by atoms with van der Waals surface area (Å²) in [4.78, 5) is 16.3. The smallest absolute Gasteiger partial charge is 0.270 e. The highest BCUT2D eigenvalue weighted by atomic mass is 16.5. The molecule has 4 nitrogen and oxygen atoms in total. The summed E-state index contributed by atoms with van der Waals surface area (Å²) in [5.74, 6) is 0.667. The molecule has 0 radical (unpaired) electrons. The number of pyridine rings is 1. The second-order valence-electron chi connectivity index (χ2n) is 5.04. The third-order valence-corrected chi connectivity index (χ3v) is 3.25. The van der Waals surface area contributed by atoms with Crippen LogP contribution >= 0.6 is 0 Å². The average molecular weight is 248 g/mol. The molecular weight excluding hydrogens is 228 g/mol. The molecule has 98 valence electrons. The molecule has 0 unspecified atom stereocenters. The van der Waals surface area contributed by atoms with Crippen LogP contribution in [0.2, 0.25) is 0 Å². The third-order valence-electron chi connectivity index (χ3n) is 3.25. The molecule has 2 heterocycles. The maximum Gasteiger partial charge on any atom is 0.270 e. The largest absolute Gasteiger partial charge is 0.381 e. The van der Waals surface area contributed by atoms with Gasteiger partial charge in [-0.15, -0.1) is 0 Å². The summed E-state index contributed by atoms with van der Waals surface area (Å²) in [5.41, 5.74) is 1.55. The van der Waals surface area contributed by atoms with Gasteiger partial charge in [-0.05, 0) is 24.0 Å². The van der Waals surface area contributed by atoms with Crippen molar-refractivity contribution in [2.24, 2.45) is 5.92 Å². The molecule has 4 heteroatoms. The Morgan fingerprint density at radius 3 is 3.11 bits per heavy atom. The maximum atomic E-state index is 12.1. The van der Waals surface area contributed by atoms with E-state index in [2.05, 4.69) is 24.1 Å². The van der Waals surface area contributed by atoms with Gasteiger partial charge in [-0.2, -0.15) is 0 Å². The number of amides is 1. The molecule has 1 aromatic rings. The van der Waals surface area contributed by atoms with Gasteiger partial charge in [0.2, 0.25) is 0 Å². The lowest BCUT2D eigenvalue weighted by molar-refractivity contribution is 0.0938. The fourth-order valence-corrected chi connectivity index (χ4v) is 2.14. The Labute approximate surface area is 108 Å². The predicted molar refractivity (Wildman–Crippen MR) is 69.6 cm³/mol. The van der Waals surface area contributed by atoms with E-state index in [1.807, 2.05) is 12.1 Å². The second kappa shape index (κ2) is 5.96. The van der Waals surface area contributed by atoms with Gasteiger partial charge in [0, 0.05) is 25.3 Å². The summed E-state index contributed by atoms with van der Waals surface area (Å²) >= 11 is 0. The van der Waals surface area contributed by atoms with Gasteiger partial charge in [0.05, 0.1) is 6.61 Å². The van der Waals surface area contributed by atoms with E-state index in [-0.39, 0.29) is 5.91 Å². The van der Waals surface area contributed by atoms with Crippen molar-refractivity contribution in [2.45, 2.75) is 26.2 Å². The van der Waals surface area contributed by atoms with Gasteiger partial charge in [0.15, 0.2) is 0 Å². The minimum absolute atomic E-state index is 0.0776. The molecular formula is C14H20N2O2. The zero-order chi connectivity index (χ0) is 13.0. The van der Waals surface area contributed by atoms with Crippen LogP contribution < -0.4 is 5.32 Å². The summed E-state index contributed by atoms with van der Waals surface area (Å²) in [7, 11) is 0. The Bertz CT molecular complexity index is 412. The molecule has 1 atom stereocenters. The van der Waals surface area contributed by atoms with E-state index in [0.717, 1.165) is 25.2 Å². The molecule has 1 amide bonds. The van der Waals surface area contributed by atoms with Crippen molar-refractivity contribution in [1.29, 1.82) is 0 Å². The summed E-state index contributed by atoms with van der Waals surface area (Å²) in [5, 5.41) is 2.95. The Balaban J connectivity index is 1.99. The van der Waals surface area contributed by atoms with Crippen LogP contribution in [0, 0.1) is 5.92 Å². The molecule has 0 bridgehead atoms. The van der Waals surface area contributed by atoms with Crippen LogP contribution in [0.1, 0.15) is 42.2 Å². The van der Waals surface area contributed by atoms with Crippen molar-refractivity contribution in [1.82, 2.24) is 10.3 Å². The van der Waals surface area contributed by atoms with Crippen molar-refractivity contribution in [3.8, 4) is 0 Å². The van der Waals surface area contributed by atoms with E-state index in [9.17, 15) is 4.79 Å². The number of carbonyl (C=O) groups is 1. The first-order valence-corrected chi connectivity index (χ1v) is 6.49. The molecule has 1 fully saturated rings. The molecule has 0 aliphatic carbocycles. The highest BCUT2D eigenvalue weighted by molar-refractivity contribution is 5.93. The van der Waals surface area contributed by atoms with Crippen molar-refractivity contribution in [2.75, 3.05) is 19.8 Å². The van der Waals surface area contributed by atoms with E-state index in [0.29, 0.717) is 24.1 Å². The van der Waals surface area contributed by atoms with Gasteiger partial charge in [-0.1, -0.05) is 19.9 Å². The standard InChI is InChI=1S/C14H20N2O2/c1-10(2)12-4-3-6-15-13(12)14(17)16-8-11-5-7-18-9-11/h3-4,6,10-11H,5,7-9H2,1-2H3,(H,16,17)/t11-/m0/s1. The molecule has 1 N–H and O–H groups in total. The zero-order valence-corrected chi connectivity index (χ0v) is 11.0. The van der Waals surface area contributed by atoms with E-state index >= 15 is 0 Å². The van der Waals surface area contributed by atoms with Crippen LogP contribution in [-0.2, 0) is 4.74 Å². The van der Waals surface area contributed by atoms with Gasteiger partial charge in [-0.3, -0.25) is 9.78 Å². The topological polar surface area (TPSA) is 51.2 Å². The zero-order valence-electron chi connectivity index (χ0n) is 11.0. The summed E-state index contributed by atoms with van der Waals surface area (Å²) in [6, 6.07) is 3.84. The Hall–Kier alpha value is -1.42. The SMILES string of the molecule is CC(C)c1cccnc1C(=O)NC[C@@H]1CCOC1. The molecule has 1 aliphatic heterocycles. The molecule has 1 aromatic heterocycles. The Morgan fingerprint density at radius 1 is 1.61 bits per heavy atom. The monoisotopic (exact) mass is 248 g/mol. The number of ether oxygens (including phenoxy) is 1. The normalized spacial score (nSPS) is 19.2. The van der Waals surface area contributed by atoms with E-state index in [1.165, 1.54) is 0 Å². The summed E-state index contributed by atoms with van der Waals surface area (Å²) in [6.45, 7) is 6.37. The molecule has 0 saturated carbocycles. The van der Waals surface area contributed by atoms with Crippen LogP contribution in [0.4, 0.5) is 0 Å². The molecule has 18 heavy (non-hydrogen) atoms. The minimum atomic E-state index is -0.0776. The van der Waals surface area contributed by atoms with Crippen molar-refractivity contribution >= 4 is 5.91 Å². The van der Waals surface area contributed by atoms with Gasteiger partial charge in [-0.25, -0.2) is 0 Å². The predicted octanol–water partition coefficient (Wildman–Crippen LogP) is 1.97. The quantitative estimate of drug-likeness (QED) is 0.886. The minimum Gasteiger partial charge on any atom is -0.381 e. The fourth-order valence-electron chi connectivity index (χ4n) is 2.14. The number of hydrogen-bond acceptors (Lipinski definition) is 3. The highest BCUT2D eigenvalue weighted by Gasteiger charge is 2.19. The van der Waals surface area contributed by atoms with Gasteiger partial charge in [0.1, 0.15) is 5.69 Å². The lowest BCUT2D eigenvalue weighted by Crippen LogP contribution is -2.31. The molecule has 1 aliphatic rings. The first-order chi connectivity index (χ1) is 8.68. The fraction of sp³-hybridized carbons (Fsp3) is 0.571. The van der Waals surface area contributed by atoms with Crippen molar-refractivity contribution < 1.29 is 9.53 Å². The van der Waals surface area contributed by atoms with Gasteiger partial charge in [0.25, 0.3) is 5.91 Å². The van der Waals surface area contributed by atoms with Crippen LogP contribution in [0.5, 0.6) is 0 Å². The third kappa shape index (κ3) is 3.07. The molecule has 1 saturated heterocycles. The van der Waals surface area contributed by atoms with Gasteiger partial charge >= 0.3 is 0 Å². The van der Waals surface area contributed by atoms with Gasteiger partial charge < -0.3 is 10.1 Å². The summed E-state index contributed by atoms with van der Waals surface area (Å²) in [6.07, 6.45) is 2.69. The number of rotatable bonds is 4. The number of nitrogens with one attached hydrogen (secondary N) is 1. The van der Waals surface area contributed by atoms with Crippen LogP contribution in [0.25, 0.3) is 0 Å². The first-order valence-electron chi connectivity index (χ1n) is 6.49. The number of hydrogen-bond donors (Lipinski definition) is 1. The second-order valence-corrected chi connectivity index (χ2v) is 5.04. The van der Waals surface area contributed by atoms with E-state index < -0.39 is 0 Å². The van der Waals surface area contributed by atoms with Crippen molar-refractivity contribution in [3.05, 3.63) is 29.6 Å². The number of carbonyl (C=O) groups excluding carboxylic acids is 1. The molecule has 2 rings (SSSR count). The summed E-state index contributed by atoms with van der Waals surface area (Å²) < 4.78 is 5.29. The first kappa shape index (κ1) is 13.0. The van der Waals surface area contributed by atoms with Crippen LogP contribution in [0.15, 0.2) is 18.3 Å². The lowest BCUT2D eigenvalue weighted by Gasteiger charge is -2.13. The van der Waals surface area contributed by atoms with Crippen LogP contribution in [0.3, 0.4) is 0 Å². The van der Waals surface area contributed by atoms with E-state index in [4.69, 9.17) is 4.74 Å². The van der Waals surface area contributed by atoms with Crippen molar-refractivity contribution in [3.63, 3.8) is 0 Å². The maximum absolute atomic E-state index is 12.1. The Kier molecular flexibility index (Phi) is 4.31.